The van der Waals surface area contributed by atoms with Gasteiger partial charge in [0.2, 0.25) is 0 Å². The summed E-state index contributed by atoms with van der Waals surface area (Å²) in [5.74, 6) is 0. The molecule has 0 aromatic rings. The Balaban J connectivity index is 4.82. The maximum Gasteiger partial charge on any atom is 0.146 e. The summed E-state index contributed by atoms with van der Waals surface area (Å²) in [6, 6.07) is -2.88. The number of hydrogen-bond donors (Lipinski definition) is 6. The van der Waals surface area contributed by atoms with Crippen molar-refractivity contribution in [3.8, 4) is 0 Å². The summed E-state index contributed by atoms with van der Waals surface area (Å²) in [6.45, 7) is 0.281. The third-order valence-electron chi connectivity index (χ3n) is 2.76. The summed E-state index contributed by atoms with van der Waals surface area (Å²) in [4.78, 5) is 20.7. The minimum atomic E-state index is -2.07. The lowest BCUT2D eigenvalue weighted by molar-refractivity contribution is -0.143. The van der Waals surface area contributed by atoms with E-state index in [4.69, 9.17) is 10.2 Å². The fraction of sp³-hybridized carbons (Fsp3) is 1.00. The highest BCUT2D eigenvalue weighted by molar-refractivity contribution is 4.93. The van der Waals surface area contributed by atoms with Crippen LogP contribution in [0.15, 0.2) is 10.4 Å². The molecule has 0 bridgehead atoms. The van der Waals surface area contributed by atoms with Gasteiger partial charge in [0, 0.05) is 0 Å². The maximum atomic E-state index is 10.5. The van der Waals surface area contributed by atoms with Crippen LogP contribution in [0.25, 0.3) is 0 Å². The van der Waals surface area contributed by atoms with Crippen LogP contribution < -0.4 is 0 Å². The van der Waals surface area contributed by atoms with Gasteiger partial charge in [0.05, 0.1) is 6.61 Å². The van der Waals surface area contributed by atoms with Crippen LogP contribution >= 0.6 is 0 Å². The third-order valence-corrected chi connectivity index (χ3v) is 2.76. The van der Waals surface area contributed by atoms with Crippen molar-refractivity contribution in [1.82, 2.24) is 0 Å². The fourth-order valence-corrected chi connectivity index (χ4v) is 1.44. The zero-order valence-corrected chi connectivity index (χ0v) is 10.1. The van der Waals surface area contributed by atoms with Gasteiger partial charge >= 0.3 is 0 Å². The average molecular weight is 282 g/mol. The van der Waals surface area contributed by atoms with Crippen molar-refractivity contribution in [3.05, 3.63) is 9.81 Å². The molecule has 7 unspecified atom stereocenters. The molecule has 0 aromatic heterocycles. The lowest BCUT2D eigenvalue weighted by Gasteiger charge is -2.30. The fourth-order valence-electron chi connectivity index (χ4n) is 1.44. The van der Waals surface area contributed by atoms with E-state index in [-0.39, 0.29) is 0 Å². The zero-order valence-electron chi connectivity index (χ0n) is 10.1. The predicted molar refractivity (Wildman–Crippen MR) is 62.0 cm³/mol. The van der Waals surface area contributed by atoms with Gasteiger partial charge in [-0.05, 0) is 6.92 Å². The van der Waals surface area contributed by atoms with Crippen LogP contribution in [0.4, 0.5) is 0 Å². The number of aliphatic hydroxyl groups excluding tert-OH is 6. The molecular weight excluding hydrogens is 264 g/mol. The SMILES string of the molecule is CC(N=O)C(N=O)C(O)C(O)C(O)C(O)C(O)CO. The number of nitrogens with zero attached hydrogens (tertiary/aromatic N) is 2. The molecule has 6 N–H and O–H groups in total. The number of aliphatic hydroxyl groups is 6. The molecule has 0 heterocycles. The van der Waals surface area contributed by atoms with Crippen LogP contribution in [0.2, 0.25) is 0 Å². The van der Waals surface area contributed by atoms with Gasteiger partial charge in [0.15, 0.2) is 0 Å². The molecule has 7 atom stereocenters. The Morgan fingerprint density at radius 1 is 0.842 bits per heavy atom. The second-order valence-electron chi connectivity index (χ2n) is 4.15. The smallest absolute Gasteiger partial charge is 0.146 e. The minimum absolute atomic E-state index is 0.886. The molecule has 0 aliphatic heterocycles. The van der Waals surface area contributed by atoms with E-state index in [9.17, 15) is 30.2 Å². The summed E-state index contributed by atoms with van der Waals surface area (Å²) < 4.78 is 0. The number of nitroso groups, excluding NO2 is 2. The molecule has 112 valence electrons. The Labute approximate surface area is 108 Å². The normalized spacial score (nSPS) is 22.7. The maximum absolute atomic E-state index is 10.5. The lowest BCUT2D eigenvalue weighted by Crippen LogP contribution is -2.53. The molecule has 0 saturated heterocycles. The average Bonchev–Trinajstić information content (AvgIpc) is 2.43. The van der Waals surface area contributed by atoms with Crippen LogP contribution in [0.3, 0.4) is 0 Å². The number of rotatable bonds is 9. The largest absolute Gasteiger partial charge is 0.394 e. The van der Waals surface area contributed by atoms with E-state index in [1.54, 1.807) is 0 Å². The van der Waals surface area contributed by atoms with Crippen molar-refractivity contribution in [3.63, 3.8) is 0 Å². The molecule has 0 aliphatic rings. The standard InChI is InChI=1S/C9H18N2O8/c1-3(10-18)5(11-19)7(15)9(17)8(16)6(14)4(13)2-12/h3-9,12-17H,2H2,1H3. The summed E-state index contributed by atoms with van der Waals surface area (Å²) in [7, 11) is 0. The van der Waals surface area contributed by atoms with Gasteiger partial charge in [0.1, 0.15) is 42.6 Å². The van der Waals surface area contributed by atoms with Crippen LogP contribution in [0.1, 0.15) is 6.92 Å². The molecular formula is C9H18N2O8. The first kappa shape index (κ1) is 18.0. The highest BCUT2D eigenvalue weighted by Crippen LogP contribution is 2.16. The molecule has 0 rings (SSSR count). The molecule has 0 spiro atoms. The van der Waals surface area contributed by atoms with Gasteiger partial charge in [-0.15, -0.1) is 0 Å². The van der Waals surface area contributed by atoms with Crippen LogP contribution in [-0.4, -0.2) is 79.8 Å². The summed E-state index contributed by atoms with van der Waals surface area (Å²) in [6.07, 6.45) is -9.80. The molecule has 10 nitrogen and oxygen atoms in total. The monoisotopic (exact) mass is 282 g/mol. The predicted octanol–water partition coefficient (Wildman–Crippen LogP) is -2.93. The first-order chi connectivity index (χ1) is 8.81. The van der Waals surface area contributed by atoms with Crippen molar-refractivity contribution < 1.29 is 30.6 Å². The van der Waals surface area contributed by atoms with E-state index < -0.39 is 49.2 Å². The van der Waals surface area contributed by atoms with E-state index >= 15 is 0 Å². The van der Waals surface area contributed by atoms with Gasteiger partial charge < -0.3 is 30.6 Å². The summed E-state index contributed by atoms with van der Waals surface area (Å²) in [5, 5.41) is 60.5. The van der Waals surface area contributed by atoms with Gasteiger partial charge in [-0.2, -0.15) is 9.81 Å². The highest BCUT2D eigenvalue weighted by atomic mass is 16.4. The second-order valence-corrected chi connectivity index (χ2v) is 4.15. The first-order valence-corrected chi connectivity index (χ1v) is 5.47. The first-order valence-electron chi connectivity index (χ1n) is 5.47. The Kier molecular flexibility index (Phi) is 7.75. The Hall–Kier alpha value is -1.04. The van der Waals surface area contributed by atoms with Gasteiger partial charge in [-0.1, -0.05) is 10.4 Å². The van der Waals surface area contributed by atoms with Crippen molar-refractivity contribution in [2.45, 2.75) is 49.5 Å². The molecule has 10 heteroatoms. The minimum Gasteiger partial charge on any atom is -0.394 e. The Bertz CT molecular complexity index is 291. The molecule has 19 heavy (non-hydrogen) atoms. The number of hydrogen-bond acceptors (Lipinski definition) is 10. The second kappa shape index (κ2) is 8.19. The van der Waals surface area contributed by atoms with Crippen molar-refractivity contribution in [2.24, 2.45) is 10.4 Å². The quantitative estimate of drug-likeness (QED) is 0.243. The Morgan fingerprint density at radius 2 is 1.32 bits per heavy atom. The van der Waals surface area contributed by atoms with Gasteiger partial charge in [-0.3, -0.25) is 0 Å². The summed E-state index contributed by atoms with van der Waals surface area (Å²) in [5.41, 5.74) is 0. The van der Waals surface area contributed by atoms with E-state index in [1.807, 2.05) is 0 Å². The Morgan fingerprint density at radius 3 is 1.68 bits per heavy atom. The lowest BCUT2D eigenvalue weighted by atomic mass is 9.93. The van der Waals surface area contributed by atoms with Crippen molar-refractivity contribution in [1.29, 1.82) is 0 Å². The molecule has 0 aliphatic carbocycles. The van der Waals surface area contributed by atoms with E-state index in [2.05, 4.69) is 10.4 Å². The molecule has 0 amide bonds. The molecule has 0 radical (unpaired) electrons. The van der Waals surface area contributed by atoms with Gasteiger partial charge in [-0.25, -0.2) is 0 Å². The zero-order chi connectivity index (χ0) is 15.2. The molecule has 0 saturated carbocycles. The van der Waals surface area contributed by atoms with E-state index in [1.165, 1.54) is 6.92 Å². The topological polar surface area (TPSA) is 180 Å². The highest BCUT2D eigenvalue weighted by Gasteiger charge is 2.40. The van der Waals surface area contributed by atoms with Crippen LogP contribution in [-0.2, 0) is 0 Å². The van der Waals surface area contributed by atoms with Crippen LogP contribution in [0.5, 0.6) is 0 Å². The molecule has 0 aromatic carbocycles. The van der Waals surface area contributed by atoms with Crippen LogP contribution in [0, 0.1) is 9.81 Å². The summed E-state index contributed by atoms with van der Waals surface area (Å²) >= 11 is 0. The van der Waals surface area contributed by atoms with Crippen molar-refractivity contribution >= 4 is 0 Å². The van der Waals surface area contributed by atoms with Crippen molar-refractivity contribution in [2.75, 3.05) is 6.61 Å². The molecule has 0 fully saturated rings. The van der Waals surface area contributed by atoms with E-state index in [0.717, 1.165) is 0 Å². The van der Waals surface area contributed by atoms with Gasteiger partial charge in [0.25, 0.3) is 0 Å². The van der Waals surface area contributed by atoms with E-state index in [0.29, 0.717) is 0 Å². The third kappa shape index (κ3) is 4.53.